The van der Waals surface area contributed by atoms with Crippen molar-refractivity contribution >= 4 is 86.6 Å². The smallest absolute Gasteiger partial charge is 0.257 e. The molecule has 1 saturated heterocycles. The van der Waals surface area contributed by atoms with Crippen molar-refractivity contribution in [3.63, 3.8) is 0 Å². The van der Waals surface area contributed by atoms with Crippen LogP contribution in [0.4, 0.5) is 17.6 Å². The van der Waals surface area contributed by atoms with Gasteiger partial charge in [-0.3, -0.25) is 58.1 Å². The Bertz CT molecular complexity index is 5790. The number of nitrogens with zero attached hydrogens (tertiary/aromatic N) is 13. The number of rotatable bonds is 17. The monoisotopic (exact) mass is 1900 g/mol. The van der Waals surface area contributed by atoms with Crippen molar-refractivity contribution < 1.29 is 46.3 Å². The maximum absolute atomic E-state index is 14.7. The summed E-state index contributed by atoms with van der Waals surface area (Å²) < 4.78 is 64.3. The van der Waals surface area contributed by atoms with Crippen LogP contribution in [0.25, 0.3) is 11.1 Å². The molecular weight excluding hydrogens is 1770 g/mol. The molecule has 24 nitrogen and oxygen atoms in total. The Balaban J connectivity index is 0.000000150. The van der Waals surface area contributed by atoms with E-state index in [0.717, 1.165) is 132 Å². The minimum Gasteiger partial charge on any atom is -0.480 e. The molecule has 7 aliphatic rings. The van der Waals surface area contributed by atoms with Crippen LogP contribution in [0.5, 0.6) is 5.88 Å². The van der Waals surface area contributed by atoms with Crippen molar-refractivity contribution in [3.05, 3.63) is 270 Å². The maximum atomic E-state index is 14.7. The fraction of sp³-hybridized carbons (Fsp3) is 0.427. The first-order valence-corrected chi connectivity index (χ1v) is 46.8. The van der Waals surface area contributed by atoms with Crippen LogP contribution in [0.1, 0.15) is 219 Å². The van der Waals surface area contributed by atoms with Gasteiger partial charge in [0.05, 0.1) is 36.5 Å². The van der Waals surface area contributed by atoms with E-state index in [9.17, 15) is 41.5 Å². The Morgan fingerprint density at radius 1 is 0.519 bits per heavy atom. The number of methoxy groups -OCH3 is 1. The first kappa shape index (κ1) is 100. The topological polar surface area (TPSA) is 324 Å². The van der Waals surface area contributed by atoms with E-state index in [0.29, 0.717) is 40.8 Å². The first-order valence-electron chi connectivity index (χ1n) is 45.1. The molecule has 30 heteroatoms. The molecule has 133 heavy (non-hydrogen) atoms. The van der Waals surface area contributed by atoms with E-state index in [-0.39, 0.29) is 81.2 Å². The number of unbranched alkanes of at least 4 members (excludes halogenated alkanes) is 1. The van der Waals surface area contributed by atoms with E-state index < -0.39 is 68.7 Å². The van der Waals surface area contributed by atoms with Crippen LogP contribution in [0.2, 0.25) is 0 Å². The molecular formula is C103H127BrF4N18O6S. The fourth-order valence-electron chi connectivity index (χ4n) is 18.9. The predicted molar refractivity (Wildman–Crippen MR) is 523 cm³/mol. The standard InChI is InChI=1S/2C22H25F2N3O.C20H27N5O2.C20H30N4O.C19H20BrN3OS/c2*1-21(2,3)14-8-6-13(7-9-14)18-19(28)27(5)20(25)26-22(18,4)16-11-10-15(23)12-17(16)24;1-12(2)13-7-9-14(10-8-13)17-18(26)24(4)19(21)22-20(17,3)15-11-16(27-6)23-25(15)5;1-3-4-12-20(18(25)23(2)19(21)22-20)17-11-8-13-24(15-17)14-16-9-6-5-7-10-16;1-19(16(11-6-7-11)17(24)23(2)18(21)22-19)15-9-13(10-25-15)12-4-3-5-14(20)8-12/h2*6-12,18H,1-5H3,(H2,25,26);7-12,17H,1-6H3,(H2,21,22);5-7,9-10,17H,3-4,8,11-15H2,1-2H3,(H2,21,22);3-5,8-11,16H,6-7H2,1-2H3,(H2,21,22)/t18-,22+;18-,22-;17?,20-;17-,20?;16-,19-/m01111/s1. The summed E-state index contributed by atoms with van der Waals surface area (Å²) in [6, 6.07) is 52.8. The van der Waals surface area contributed by atoms with Gasteiger partial charge in [0.15, 0.2) is 29.8 Å². The minimum atomic E-state index is -1.30. The lowest BCUT2D eigenvalue weighted by atomic mass is 9.73. The summed E-state index contributed by atoms with van der Waals surface area (Å²) in [6.07, 6.45) is 7.22. The zero-order valence-electron chi connectivity index (χ0n) is 79.9. The molecule has 1 aliphatic carbocycles. The van der Waals surface area contributed by atoms with E-state index in [4.69, 9.17) is 48.4 Å². The van der Waals surface area contributed by atoms with Gasteiger partial charge < -0.3 is 33.4 Å². The summed E-state index contributed by atoms with van der Waals surface area (Å²) in [5.41, 5.74) is 35.6. The molecule has 2 aromatic heterocycles. The maximum Gasteiger partial charge on any atom is 0.257 e. The van der Waals surface area contributed by atoms with Crippen molar-refractivity contribution in [2.24, 2.45) is 78.4 Å². The summed E-state index contributed by atoms with van der Waals surface area (Å²) in [6.45, 7) is 29.3. The Labute approximate surface area is 791 Å². The van der Waals surface area contributed by atoms with E-state index >= 15 is 0 Å². The highest BCUT2D eigenvalue weighted by molar-refractivity contribution is 9.10. The average molecular weight is 1900 g/mol. The second-order valence-electron chi connectivity index (χ2n) is 38.8. The molecule has 7 aromatic carbocycles. The third-order valence-electron chi connectivity index (χ3n) is 27.1. The number of thiophene rings is 1. The molecule has 706 valence electrons. The van der Waals surface area contributed by atoms with E-state index in [1.54, 1.807) is 63.0 Å². The third kappa shape index (κ3) is 20.8. The van der Waals surface area contributed by atoms with Gasteiger partial charge in [-0.25, -0.2) is 42.5 Å². The van der Waals surface area contributed by atoms with Crippen molar-refractivity contribution in [3.8, 4) is 17.0 Å². The zero-order valence-corrected chi connectivity index (χ0v) is 82.3. The van der Waals surface area contributed by atoms with Crippen molar-refractivity contribution in [2.75, 3.05) is 55.4 Å². The number of aliphatic imine (C=N–C) groups is 5. The molecule has 5 amide bonds. The van der Waals surface area contributed by atoms with Gasteiger partial charge >= 0.3 is 0 Å². The number of ether oxygens (including phenoxy) is 1. The highest BCUT2D eigenvalue weighted by Crippen LogP contribution is 2.54. The van der Waals surface area contributed by atoms with Gasteiger partial charge in [-0.15, -0.1) is 16.4 Å². The number of likely N-dealkylation sites (tertiary alicyclic amines) is 1. The first-order chi connectivity index (χ1) is 62.5. The number of aromatic nitrogens is 2. The Morgan fingerprint density at radius 3 is 1.41 bits per heavy atom. The van der Waals surface area contributed by atoms with Crippen LogP contribution in [0, 0.1) is 41.0 Å². The average Bonchev–Trinajstić information content (AvgIpc) is 1.19. The molecule has 0 bridgehead atoms. The van der Waals surface area contributed by atoms with Gasteiger partial charge in [0.2, 0.25) is 29.5 Å². The Morgan fingerprint density at radius 2 is 0.977 bits per heavy atom. The summed E-state index contributed by atoms with van der Waals surface area (Å²) in [7, 11) is 11.6. The largest absolute Gasteiger partial charge is 0.480 e. The summed E-state index contributed by atoms with van der Waals surface area (Å²) in [5, 5.41) is 6.48. The fourth-order valence-corrected chi connectivity index (χ4v) is 20.4. The number of aryl methyl sites for hydroxylation is 1. The lowest BCUT2D eigenvalue weighted by Crippen LogP contribution is -2.54. The predicted octanol–water partition coefficient (Wildman–Crippen LogP) is 17.3. The number of hydrogen-bond donors (Lipinski definition) is 5. The Hall–Kier alpha value is -11.9. The third-order valence-corrected chi connectivity index (χ3v) is 28.8. The molecule has 6 aliphatic heterocycles. The highest BCUT2D eigenvalue weighted by Gasteiger charge is 2.57. The van der Waals surface area contributed by atoms with Crippen molar-refractivity contribution in [2.45, 2.75) is 204 Å². The molecule has 10 atom stereocenters. The second-order valence-corrected chi connectivity index (χ2v) is 40.6. The van der Waals surface area contributed by atoms with Crippen molar-refractivity contribution in [1.29, 1.82) is 0 Å². The quantitative estimate of drug-likeness (QED) is 0.0530. The number of piperidine rings is 1. The molecule has 1 saturated carbocycles. The number of halogens is 5. The molecule has 0 spiro atoms. The molecule has 16 rings (SSSR count). The molecule has 0 radical (unpaired) electrons. The van der Waals surface area contributed by atoms with Crippen LogP contribution in [-0.2, 0) is 70.6 Å². The van der Waals surface area contributed by atoms with Gasteiger partial charge in [0.25, 0.3) is 5.91 Å². The number of benzene rings is 7. The van der Waals surface area contributed by atoms with Crippen molar-refractivity contribution in [1.82, 2.24) is 39.2 Å². The summed E-state index contributed by atoms with van der Waals surface area (Å²) >= 11 is 5.19. The van der Waals surface area contributed by atoms with Gasteiger partial charge in [-0.05, 0) is 175 Å². The number of amides is 5. The molecule has 9 aromatic rings. The van der Waals surface area contributed by atoms with Gasteiger partial charge in [-0.1, -0.05) is 218 Å². The number of carbonyl (C=O) groups excluding carboxylic acids is 5. The highest BCUT2D eigenvalue weighted by atomic mass is 79.9. The van der Waals surface area contributed by atoms with E-state index in [2.05, 4.69) is 165 Å². The van der Waals surface area contributed by atoms with Crippen LogP contribution in [0.3, 0.4) is 0 Å². The van der Waals surface area contributed by atoms with Gasteiger partial charge in [0.1, 0.15) is 51.0 Å². The molecule has 10 N–H and O–H groups in total. The van der Waals surface area contributed by atoms with E-state index in [1.807, 2.05) is 98.9 Å². The van der Waals surface area contributed by atoms with Gasteiger partial charge in [-0.2, -0.15) is 0 Å². The molecule has 2 unspecified atom stereocenters. The molecule has 2 fully saturated rings. The van der Waals surface area contributed by atoms with Crippen LogP contribution >= 0.6 is 27.3 Å². The number of carbonyl (C=O) groups is 5. The summed E-state index contributed by atoms with van der Waals surface area (Å²) in [4.78, 5) is 99.2. The zero-order chi connectivity index (χ0) is 97.3. The Kier molecular flexibility index (Phi) is 29.9. The van der Waals surface area contributed by atoms with E-state index in [1.165, 1.54) is 57.0 Å². The normalized spacial score (nSPS) is 24.5. The number of guanidine groups is 5. The lowest BCUT2D eigenvalue weighted by molar-refractivity contribution is -0.135. The summed E-state index contributed by atoms with van der Waals surface area (Å²) in [5.74, 6) is -3.19. The van der Waals surface area contributed by atoms with Gasteiger partial charge in [0, 0.05) is 100.0 Å². The number of hydrogen-bond acceptors (Lipinski definition) is 19. The number of likely N-dealkylation sites (N-methyl/N-ethyl adjacent to an activating group) is 4. The second kappa shape index (κ2) is 39.7. The lowest BCUT2D eigenvalue weighted by Gasteiger charge is -2.41. The van der Waals surface area contributed by atoms with Crippen LogP contribution in [-0.4, -0.2) is 159 Å². The van der Waals surface area contributed by atoms with Crippen LogP contribution in [0.15, 0.2) is 211 Å². The number of nitrogens with two attached hydrogens (primary N) is 5. The SMILES string of the molecule is CCCCC1([C@@H]2CCCN(Cc3ccccc3)C2)N=C(N)N(C)C1=O.CN1C(=O)[C@@H](C2CC2)[C@@](C)(c2cc(-c3cccc(Br)c3)cs2)N=C1N.CN1C(=O)[C@@H](c2ccc(C(C)(C)C)cc2)[C@@](C)(c2ccc(F)cc2F)N=C1N.CN1C(=O)[C@H](c2ccc(C(C)(C)C)cc2)[C@@](C)(c2ccc(F)cc2F)N=C1N.COc1cc([C@@]2(C)N=C(N)N(C)C(=O)C2c2ccc(C(C)C)cc2)n(C)n1. The molecule has 8 heterocycles. The minimum absolute atomic E-state index is 0.00112. The van der Waals surface area contributed by atoms with Crippen LogP contribution < -0.4 is 33.4 Å².